The van der Waals surface area contributed by atoms with Crippen molar-refractivity contribution < 1.29 is 4.79 Å². The number of nitrogens with one attached hydrogen (secondary N) is 1. The largest absolute Gasteiger partial charge is 0.397 e. The SMILES string of the molecule is Cc1cccc2c(N)c(C(=O)NCCC3CCCC3)sc12. The highest BCUT2D eigenvalue weighted by Gasteiger charge is 2.18. The molecule has 0 bridgehead atoms. The number of carbonyl (C=O) groups is 1. The van der Waals surface area contributed by atoms with Crippen LogP contribution in [-0.2, 0) is 0 Å². The number of aryl methyl sites for hydroxylation is 1. The number of thiophene rings is 1. The van der Waals surface area contributed by atoms with E-state index in [4.69, 9.17) is 5.73 Å². The van der Waals surface area contributed by atoms with Gasteiger partial charge in [0.25, 0.3) is 5.91 Å². The number of hydrogen-bond acceptors (Lipinski definition) is 3. The van der Waals surface area contributed by atoms with Crippen molar-refractivity contribution in [1.82, 2.24) is 5.32 Å². The van der Waals surface area contributed by atoms with Crippen molar-refractivity contribution in [2.24, 2.45) is 5.92 Å². The first-order chi connectivity index (χ1) is 10.2. The molecule has 1 heterocycles. The van der Waals surface area contributed by atoms with E-state index in [1.807, 2.05) is 12.1 Å². The number of fused-ring (bicyclic) bond motifs is 1. The second kappa shape index (κ2) is 6.06. The first kappa shape index (κ1) is 14.4. The van der Waals surface area contributed by atoms with Crippen LogP contribution in [0, 0.1) is 12.8 Å². The van der Waals surface area contributed by atoms with Gasteiger partial charge in [-0.15, -0.1) is 11.3 Å². The Morgan fingerprint density at radius 3 is 2.86 bits per heavy atom. The van der Waals surface area contributed by atoms with Crippen LogP contribution in [0.15, 0.2) is 18.2 Å². The Hall–Kier alpha value is -1.55. The lowest BCUT2D eigenvalue weighted by molar-refractivity contribution is 0.0956. The van der Waals surface area contributed by atoms with E-state index in [0.717, 1.165) is 29.0 Å². The molecule has 3 rings (SSSR count). The molecule has 2 aromatic rings. The van der Waals surface area contributed by atoms with Crippen LogP contribution in [0.25, 0.3) is 10.1 Å². The molecule has 1 amide bonds. The van der Waals surface area contributed by atoms with Gasteiger partial charge in [0.2, 0.25) is 0 Å². The molecule has 1 aliphatic carbocycles. The van der Waals surface area contributed by atoms with Crippen LogP contribution in [0.2, 0.25) is 0 Å². The summed E-state index contributed by atoms with van der Waals surface area (Å²) in [5.74, 6) is 0.776. The molecule has 3 N–H and O–H groups in total. The number of nitrogen functional groups attached to an aromatic ring is 1. The number of nitrogens with two attached hydrogens (primary N) is 1. The minimum Gasteiger partial charge on any atom is -0.397 e. The van der Waals surface area contributed by atoms with E-state index in [9.17, 15) is 4.79 Å². The number of benzene rings is 1. The highest BCUT2D eigenvalue weighted by molar-refractivity contribution is 7.21. The fraction of sp³-hybridized carbons (Fsp3) is 0.471. The van der Waals surface area contributed by atoms with Crippen molar-refractivity contribution in [3.63, 3.8) is 0 Å². The highest BCUT2D eigenvalue weighted by atomic mass is 32.1. The van der Waals surface area contributed by atoms with E-state index in [1.54, 1.807) is 0 Å². The Balaban J connectivity index is 1.69. The predicted molar refractivity (Wildman–Crippen MR) is 89.9 cm³/mol. The van der Waals surface area contributed by atoms with Crippen molar-refractivity contribution in [3.05, 3.63) is 28.6 Å². The topological polar surface area (TPSA) is 55.1 Å². The Kier molecular flexibility index (Phi) is 4.15. The third kappa shape index (κ3) is 2.91. The molecule has 1 aliphatic rings. The van der Waals surface area contributed by atoms with Crippen LogP contribution in [0.5, 0.6) is 0 Å². The number of hydrogen-bond donors (Lipinski definition) is 2. The first-order valence-corrected chi connectivity index (χ1v) is 8.54. The van der Waals surface area contributed by atoms with E-state index < -0.39 is 0 Å². The summed E-state index contributed by atoms with van der Waals surface area (Å²) in [6, 6.07) is 6.03. The second-order valence-corrected chi connectivity index (χ2v) is 7.01. The lowest BCUT2D eigenvalue weighted by atomic mass is 10.0. The molecule has 112 valence electrons. The zero-order valence-corrected chi connectivity index (χ0v) is 13.3. The maximum Gasteiger partial charge on any atom is 0.263 e. The number of amides is 1. The fourth-order valence-electron chi connectivity index (χ4n) is 3.22. The van der Waals surface area contributed by atoms with Gasteiger partial charge in [-0.3, -0.25) is 4.79 Å². The van der Waals surface area contributed by atoms with E-state index in [1.165, 1.54) is 42.6 Å². The van der Waals surface area contributed by atoms with Gasteiger partial charge in [-0.2, -0.15) is 0 Å². The average Bonchev–Trinajstić information content (AvgIpc) is 3.08. The zero-order chi connectivity index (χ0) is 14.8. The van der Waals surface area contributed by atoms with Gasteiger partial charge in [0.15, 0.2) is 0 Å². The summed E-state index contributed by atoms with van der Waals surface area (Å²) in [5.41, 5.74) is 7.95. The highest BCUT2D eigenvalue weighted by Crippen LogP contribution is 2.35. The Morgan fingerprint density at radius 2 is 2.14 bits per heavy atom. The summed E-state index contributed by atoms with van der Waals surface area (Å²) in [7, 11) is 0. The van der Waals surface area contributed by atoms with Gasteiger partial charge in [-0.25, -0.2) is 0 Å². The van der Waals surface area contributed by atoms with E-state index in [-0.39, 0.29) is 5.91 Å². The lowest BCUT2D eigenvalue weighted by Crippen LogP contribution is -2.25. The van der Waals surface area contributed by atoms with Gasteiger partial charge < -0.3 is 11.1 Å². The minimum atomic E-state index is -0.0221. The summed E-state index contributed by atoms with van der Waals surface area (Å²) < 4.78 is 1.12. The molecule has 0 aliphatic heterocycles. The van der Waals surface area contributed by atoms with Gasteiger partial charge in [-0.1, -0.05) is 43.9 Å². The number of rotatable bonds is 4. The first-order valence-electron chi connectivity index (χ1n) is 7.72. The van der Waals surface area contributed by atoms with E-state index in [0.29, 0.717) is 10.6 Å². The van der Waals surface area contributed by atoms with Crippen LogP contribution in [0.4, 0.5) is 5.69 Å². The van der Waals surface area contributed by atoms with Crippen LogP contribution in [-0.4, -0.2) is 12.5 Å². The summed E-state index contributed by atoms with van der Waals surface area (Å²) in [6.07, 6.45) is 6.43. The molecule has 0 spiro atoms. The lowest BCUT2D eigenvalue weighted by Gasteiger charge is -2.09. The molecule has 1 aromatic carbocycles. The van der Waals surface area contributed by atoms with Gasteiger partial charge in [-0.05, 0) is 24.8 Å². The molecule has 3 nitrogen and oxygen atoms in total. The molecule has 1 fully saturated rings. The fourth-order valence-corrected chi connectivity index (χ4v) is 4.32. The minimum absolute atomic E-state index is 0.0221. The molecule has 0 unspecified atom stereocenters. The molecule has 0 saturated heterocycles. The summed E-state index contributed by atoms with van der Waals surface area (Å²) in [4.78, 5) is 13.0. The van der Waals surface area contributed by atoms with Crippen molar-refractivity contribution >= 4 is 33.0 Å². The number of carbonyl (C=O) groups excluding carboxylic acids is 1. The van der Waals surface area contributed by atoms with Crippen molar-refractivity contribution in [2.75, 3.05) is 12.3 Å². The van der Waals surface area contributed by atoms with Crippen LogP contribution in [0.3, 0.4) is 0 Å². The monoisotopic (exact) mass is 302 g/mol. The number of anilines is 1. The maximum absolute atomic E-state index is 12.3. The smallest absolute Gasteiger partial charge is 0.263 e. The summed E-state index contributed by atoms with van der Waals surface area (Å²) in [5, 5.41) is 4.04. The van der Waals surface area contributed by atoms with Crippen LogP contribution in [0.1, 0.15) is 47.3 Å². The summed E-state index contributed by atoms with van der Waals surface area (Å²) >= 11 is 1.50. The molecular formula is C17H22N2OS. The Morgan fingerprint density at radius 1 is 1.38 bits per heavy atom. The van der Waals surface area contributed by atoms with Crippen LogP contribution >= 0.6 is 11.3 Å². The molecule has 21 heavy (non-hydrogen) atoms. The second-order valence-electron chi connectivity index (χ2n) is 5.99. The van der Waals surface area contributed by atoms with Gasteiger partial charge in [0, 0.05) is 16.6 Å². The molecule has 0 radical (unpaired) electrons. The molecule has 4 heteroatoms. The Labute approximate surface area is 129 Å². The molecule has 1 saturated carbocycles. The van der Waals surface area contributed by atoms with E-state index >= 15 is 0 Å². The molecule has 0 atom stereocenters. The van der Waals surface area contributed by atoms with E-state index in [2.05, 4.69) is 18.3 Å². The zero-order valence-electron chi connectivity index (χ0n) is 12.4. The van der Waals surface area contributed by atoms with Crippen molar-refractivity contribution in [2.45, 2.75) is 39.0 Å². The van der Waals surface area contributed by atoms with Gasteiger partial charge in [0.1, 0.15) is 4.88 Å². The quantitative estimate of drug-likeness (QED) is 0.893. The summed E-state index contributed by atoms with van der Waals surface area (Å²) in [6.45, 7) is 2.82. The standard InChI is InChI=1S/C17H22N2OS/c1-11-5-4-8-13-14(18)16(21-15(11)13)17(20)19-10-9-12-6-2-3-7-12/h4-5,8,12H,2-3,6-7,9-10,18H2,1H3,(H,19,20). The normalized spacial score (nSPS) is 15.7. The third-order valence-corrected chi connectivity index (χ3v) is 5.83. The van der Waals surface area contributed by atoms with Gasteiger partial charge >= 0.3 is 0 Å². The van der Waals surface area contributed by atoms with Crippen molar-refractivity contribution in [1.29, 1.82) is 0 Å². The Bertz CT molecular complexity index is 656. The van der Waals surface area contributed by atoms with Crippen LogP contribution < -0.4 is 11.1 Å². The molecule has 1 aromatic heterocycles. The average molecular weight is 302 g/mol. The van der Waals surface area contributed by atoms with Gasteiger partial charge in [0.05, 0.1) is 5.69 Å². The van der Waals surface area contributed by atoms with Crippen molar-refractivity contribution in [3.8, 4) is 0 Å². The predicted octanol–water partition coefficient (Wildman–Crippen LogP) is 4.10. The third-order valence-electron chi connectivity index (χ3n) is 4.47. The maximum atomic E-state index is 12.3. The molecular weight excluding hydrogens is 280 g/mol.